The van der Waals surface area contributed by atoms with Gasteiger partial charge in [-0.05, 0) is 35.0 Å². The van der Waals surface area contributed by atoms with Gasteiger partial charge >= 0.3 is 0 Å². The summed E-state index contributed by atoms with van der Waals surface area (Å²) in [5.74, 6) is 0. The maximum absolute atomic E-state index is 6.50. The summed E-state index contributed by atoms with van der Waals surface area (Å²) < 4.78 is 0.900. The molecular weight excluding hydrogens is 192 g/mol. The van der Waals surface area contributed by atoms with Gasteiger partial charge in [-0.2, -0.15) is 0 Å². The van der Waals surface area contributed by atoms with Gasteiger partial charge in [-0.15, -0.1) is 0 Å². The summed E-state index contributed by atoms with van der Waals surface area (Å²) in [6.45, 7) is 5.46. The molecule has 0 spiro atoms. The Morgan fingerprint density at radius 1 is 1.50 bits per heavy atom. The summed E-state index contributed by atoms with van der Waals surface area (Å²) in [5, 5.41) is 6.50. The monoisotopic (exact) mass is 198 g/mol. The summed E-state index contributed by atoms with van der Waals surface area (Å²) >= 11 is 3.25. The quantitative estimate of drug-likeness (QED) is 0.601. The lowest BCUT2D eigenvalue weighted by Crippen LogP contribution is -1.77. The van der Waals surface area contributed by atoms with Gasteiger partial charge in [0.1, 0.15) is 4.60 Å². The molecule has 0 aliphatic rings. The number of halogens is 1. The van der Waals surface area contributed by atoms with Gasteiger partial charge in [0.15, 0.2) is 0 Å². The normalized spacial score (nSPS) is 7.60. The van der Waals surface area contributed by atoms with Gasteiger partial charge in [-0.1, -0.05) is 6.07 Å². The van der Waals surface area contributed by atoms with E-state index >= 15 is 0 Å². The highest BCUT2D eigenvalue weighted by molar-refractivity contribution is 9.10. The van der Waals surface area contributed by atoms with Crippen LogP contribution in [0.4, 0.5) is 0 Å². The van der Waals surface area contributed by atoms with Crippen LogP contribution in [0.3, 0.4) is 0 Å². The van der Waals surface area contributed by atoms with Crippen molar-refractivity contribution in [3.05, 3.63) is 28.5 Å². The van der Waals surface area contributed by atoms with E-state index in [-0.39, 0.29) is 0 Å². The number of rotatable bonds is 0. The third kappa shape index (κ3) is 3.21. The molecule has 0 saturated heterocycles. The number of nitrogens with zero attached hydrogens (tertiary/aromatic N) is 2. The average molecular weight is 199 g/mol. The zero-order valence-electron chi connectivity index (χ0n) is 5.58. The first kappa shape index (κ1) is 9.12. The van der Waals surface area contributed by atoms with Gasteiger partial charge in [0.25, 0.3) is 0 Å². The number of aryl methyl sites for hydroxylation is 1. The Balaban J connectivity index is 0.000000371. The molecule has 1 aromatic heterocycles. The second-order valence-electron chi connectivity index (χ2n) is 1.60. The fourth-order valence-electron chi connectivity index (χ4n) is 0.510. The molecule has 0 aliphatic carbocycles. The Bertz CT molecular complexity index is 203. The topological polar surface area (TPSA) is 36.7 Å². The van der Waals surface area contributed by atoms with Gasteiger partial charge in [0.2, 0.25) is 0 Å². The number of nitriles is 1. The van der Waals surface area contributed by atoms with E-state index in [2.05, 4.69) is 27.5 Å². The van der Waals surface area contributed by atoms with Crippen LogP contribution in [0.1, 0.15) is 5.69 Å². The average Bonchev–Trinajstić information content (AvgIpc) is 1.91. The summed E-state index contributed by atoms with van der Waals surface area (Å²) in [7, 11) is 0. The van der Waals surface area contributed by atoms with Gasteiger partial charge in [0.05, 0.1) is 0 Å². The van der Waals surface area contributed by atoms with E-state index in [0.29, 0.717) is 0 Å². The van der Waals surface area contributed by atoms with Crippen LogP contribution in [0.15, 0.2) is 22.8 Å². The lowest BCUT2D eigenvalue weighted by molar-refractivity contribution is 1.17. The summed E-state index contributed by atoms with van der Waals surface area (Å²) in [6, 6.07) is 5.84. The Labute approximate surface area is 68.6 Å². The molecule has 1 rings (SSSR count). The SMILES string of the molecule is C#N.Cc1cccc(Br)n1. The van der Waals surface area contributed by atoms with E-state index in [1.165, 1.54) is 0 Å². The van der Waals surface area contributed by atoms with E-state index < -0.39 is 0 Å². The van der Waals surface area contributed by atoms with Gasteiger partial charge in [-0.3, -0.25) is 0 Å². The van der Waals surface area contributed by atoms with Crippen LogP contribution in [0.25, 0.3) is 0 Å². The number of aromatic nitrogens is 1. The van der Waals surface area contributed by atoms with Crippen molar-refractivity contribution < 1.29 is 0 Å². The van der Waals surface area contributed by atoms with Crippen LogP contribution < -0.4 is 0 Å². The van der Waals surface area contributed by atoms with Crippen molar-refractivity contribution in [2.24, 2.45) is 0 Å². The minimum atomic E-state index is 0.900. The number of hydrogen-bond donors (Lipinski definition) is 0. The van der Waals surface area contributed by atoms with E-state index in [0.717, 1.165) is 10.3 Å². The summed E-state index contributed by atoms with van der Waals surface area (Å²) in [6.07, 6.45) is 0. The second-order valence-corrected chi connectivity index (χ2v) is 2.41. The molecule has 0 unspecified atom stereocenters. The molecule has 0 aromatic carbocycles. The molecule has 1 heterocycles. The molecule has 0 bridgehead atoms. The van der Waals surface area contributed by atoms with Gasteiger partial charge in [-0.25, -0.2) is 10.2 Å². The standard InChI is InChI=1S/C6H6BrN.CHN/c1-5-3-2-4-6(7)8-5;1-2/h2-4H,1H3;1H. The van der Waals surface area contributed by atoms with Gasteiger partial charge in [0, 0.05) is 12.3 Å². The van der Waals surface area contributed by atoms with Crippen molar-refractivity contribution in [2.75, 3.05) is 0 Å². The van der Waals surface area contributed by atoms with Crippen molar-refractivity contribution in [1.82, 2.24) is 4.98 Å². The first-order valence-electron chi connectivity index (χ1n) is 2.64. The molecule has 0 fully saturated rings. The van der Waals surface area contributed by atoms with Crippen molar-refractivity contribution >= 4 is 15.9 Å². The van der Waals surface area contributed by atoms with E-state index in [1.807, 2.05) is 25.1 Å². The van der Waals surface area contributed by atoms with Crippen molar-refractivity contribution in [3.63, 3.8) is 0 Å². The van der Waals surface area contributed by atoms with Crippen LogP contribution in [-0.2, 0) is 0 Å². The number of pyridine rings is 1. The largest absolute Gasteiger partial charge is 0.246 e. The molecule has 0 N–H and O–H groups in total. The zero-order chi connectivity index (χ0) is 7.98. The Morgan fingerprint density at radius 2 is 2.10 bits per heavy atom. The lowest BCUT2D eigenvalue weighted by Gasteiger charge is -1.88. The van der Waals surface area contributed by atoms with Crippen molar-refractivity contribution in [1.29, 1.82) is 5.26 Å². The van der Waals surface area contributed by atoms with E-state index in [4.69, 9.17) is 5.26 Å². The summed E-state index contributed by atoms with van der Waals surface area (Å²) in [5.41, 5.74) is 1.04. The van der Waals surface area contributed by atoms with Crippen LogP contribution in [-0.4, -0.2) is 4.98 Å². The van der Waals surface area contributed by atoms with Crippen molar-refractivity contribution in [2.45, 2.75) is 6.92 Å². The number of hydrogen-bond acceptors (Lipinski definition) is 2. The molecule has 0 amide bonds. The first-order valence-corrected chi connectivity index (χ1v) is 3.43. The van der Waals surface area contributed by atoms with Crippen LogP contribution in [0.5, 0.6) is 0 Å². The predicted octanol–water partition coefficient (Wildman–Crippen LogP) is 2.29. The molecule has 0 saturated carbocycles. The third-order valence-electron chi connectivity index (χ3n) is 0.854. The molecule has 52 valence electrons. The highest BCUT2D eigenvalue weighted by atomic mass is 79.9. The Hall–Kier alpha value is -0.880. The smallest absolute Gasteiger partial charge is 0.106 e. The first-order chi connectivity index (χ1) is 4.79. The Kier molecular flexibility index (Phi) is 4.51. The molecule has 2 nitrogen and oxygen atoms in total. The molecule has 0 radical (unpaired) electrons. The molecule has 1 aromatic rings. The van der Waals surface area contributed by atoms with E-state index in [1.54, 1.807) is 0 Å². The van der Waals surface area contributed by atoms with Crippen molar-refractivity contribution in [3.8, 4) is 6.57 Å². The molecule has 3 heteroatoms. The third-order valence-corrected chi connectivity index (χ3v) is 1.30. The minimum absolute atomic E-state index is 0.900. The van der Waals surface area contributed by atoms with Crippen LogP contribution >= 0.6 is 15.9 Å². The fourth-order valence-corrected chi connectivity index (χ4v) is 0.942. The second kappa shape index (κ2) is 4.95. The highest BCUT2D eigenvalue weighted by Crippen LogP contribution is 2.04. The minimum Gasteiger partial charge on any atom is -0.246 e. The highest BCUT2D eigenvalue weighted by Gasteiger charge is 1.83. The molecular formula is C7H7BrN2. The maximum Gasteiger partial charge on any atom is 0.106 e. The van der Waals surface area contributed by atoms with Gasteiger partial charge < -0.3 is 0 Å². The maximum atomic E-state index is 6.50. The summed E-state index contributed by atoms with van der Waals surface area (Å²) in [4.78, 5) is 4.09. The lowest BCUT2D eigenvalue weighted by atomic mass is 10.4. The zero-order valence-corrected chi connectivity index (χ0v) is 7.17. The van der Waals surface area contributed by atoms with E-state index in [9.17, 15) is 0 Å². The molecule has 0 aliphatic heterocycles. The molecule has 0 atom stereocenters. The molecule has 10 heavy (non-hydrogen) atoms. The van der Waals surface area contributed by atoms with Crippen LogP contribution in [0.2, 0.25) is 0 Å². The van der Waals surface area contributed by atoms with Crippen LogP contribution in [0, 0.1) is 18.8 Å². The Morgan fingerprint density at radius 3 is 2.40 bits per heavy atom. The fraction of sp³-hybridized carbons (Fsp3) is 0.143. The predicted molar refractivity (Wildman–Crippen MR) is 43.3 cm³/mol.